The molecule has 0 radical (unpaired) electrons. The highest BCUT2D eigenvalue weighted by molar-refractivity contribution is 5.73. The maximum absolute atomic E-state index is 10.7. The van der Waals surface area contributed by atoms with Crippen molar-refractivity contribution in [3.8, 4) is 0 Å². The molecule has 0 aromatic heterocycles. The molecule has 4 nitrogen and oxygen atoms in total. The van der Waals surface area contributed by atoms with Gasteiger partial charge in [0.05, 0.1) is 12.6 Å². The summed E-state index contributed by atoms with van der Waals surface area (Å²) in [7, 11) is 1.62. The quantitative estimate of drug-likeness (QED) is 0.524. The number of amides is 1. The Balaban J connectivity index is 3.88. The Morgan fingerprint density at radius 3 is 2.40 bits per heavy atom. The van der Waals surface area contributed by atoms with E-state index in [4.69, 9.17) is 10.8 Å². The number of aliphatic hydroxyl groups excluding tert-OH is 1. The summed E-state index contributed by atoms with van der Waals surface area (Å²) in [5, 5.41) is 8.67. The highest BCUT2D eigenvalue weighted by Gasteiger charge is 2.12. The van der Waals surface area contributed by atoms with Crippen molar-refractivity contribution in [1.29, 1.82) is 0 Å². The largest absolute Gasteiger partial charge is 0.394 e. The summed E-state index contributed by atoms with van der Waals surface area (Å²) in [4.78, 5) is 12.1. The molecule has 0 saturated heterocycles. The minimum Gasteiger partial charge on any atom is -0.394 e. The van der Waals surface area contributed by atoms with Gasteiger partial charge in [0.15, 0.2) is 0 Å². The summed E-state index contributed by atoms with van der Waals surface area (Å²) >= 11 is 0. The lowest BCUT2D eigenvalue weighted by Gasteiger charge is -2.23. The van der Waals surface area contributed by atoms with Gasteiger partial charge in [-0.2, -0.15) is 0 Å². The Hall–Kier alpha value is -0.610. The lowest BCUT2D eigenvalue weighted by molar-refractivity contribution is -0.130. The SMILES string of the molecule is CC(=O)N(C)C(CN)CO. The van der Waals surface area contributed by atoms with Gasteiger partial charge < -0.3 is 15.7 Å². The first-order chi connectivity index (χ1) is 4.63. The lowest BCUT2D eigenvalue weighted by Crippen LogP contribution is -2.43. The van der Waals surface area contributed by atoms with Crippen molar-refractivity contribution in [2.75, 3.05) is 20.2 Å². The van der Waals surface area contributed by atoms with E-state index >= 15 is 0 Å². The molecule has 0 heterocycles. The minimum atomic E-state index is -0.238. The molecule has 3 N–H and O–H groups in total. The molecule has 1 atom stereocenters. The maximum atomic E-state index is 10.7. The standard InChI is InChI=1S/C6H14N2O2/c1-5(10)8(2)6(3-7)4-9/h6,9H,3-4,7H2,1-2H3. The third-order valence-electron chi connectivity index (χ3n) is 1.53. The third kappa shape index (κ3) is 2.33. The van der Waals surface area contributed by atoms with E-state index in [1.807, 2.05) is 0 Å². The number of carbonyl (C=O) groups excluding carboxylic acids is 1. The predicted octanol–water partition coefficient (Wildman–Crippen LogP) is -1.22. The van der Waals surface area contributed by atoms with Crippen LogP contribution in [-0.2, 0) is 4.79 Å². The molecule has 0 rings (SSSR count). The molecule has 0 aromatic carbocycles. The van der Waals surface area contributed by atoms with E-state index < -0.39 is 0 Å². The fourth-order valence-corrected chi connectivity index (χ4v) is 0.612. The number of likely N-dealkylation sites (N-methyl/N-ethyl adjacent to an activating group) is 1. The molecule has 10 heavy (non-hydrogen) atoms. The number of nitrogens with two attached hydrogens (primary N) is 1. The van der Waals surface area contributed by atoms with E-state index in [1.54, 1.807) is 7.05 Å². The average Bonchev–Trinajstić information content (AvgIpc) is 1.90. The van der Waals surface area contributed by atoms with Crippen LogP contribution in [0, 0.1) is 0 Å². The van der Waals surface area contributed by atoms with Gasteiger partial charge in [-0.1, -0.05) is 0 Å². The Kier molecular flexibility index (Phi) is 3.99. The number of aliphatic hydroxyl groups is 1. The van der Waals surface area contributed by atoms with Crippen LogP contribution in [0.5, 0.6) is 0 Å². The molecule has 0 bridgehead atoms. The zero-order chi connectivity index (χ0) is 8.15. The normalized spacial score (nSPS) is 12.8. The van der Waals surface area contributed by atoms with E-state index in [-0.39, 0.29) is 18.6 Å². The Bertz CT molecular complexity index is 112. The minimum absolute atomic E-state index is 0.0768. The van der Waals surface area contributed by atoms with E-state index in [0.717, 1.165) is 0 Å². The summed E-state index contributed by atoms with van der Waals surface area (Å²) in [5.41, 5.74) is 5.27. The van der Waals surface area contributed by atoms with Crippen LogP contribution in [0.25, 0.3) is 0 Å². The maximum Gasteiger partial charge on any atom is 0.219 e. The number of hydrogen-bond acceptors (Lipinski definition) is 3. The van der Waals surface area contributed by atoms with Crippen LogP contribution in [0.4, 0.5) is 0 Å². The van der Waals surface area contributed by atoms with Crippen molar-refractivity contribution in [3.05, 3.63) is 0 Å². The second kappa shape index (κ2) is 4.24. The molecule has 0 aromatic rings. The van der Waals surface area contributed by atoms with Gasteiger partial charge in [-0.25, -0.2) is 0 Å². The summed E-state index contributed by atoms with van der Waals surface area (Å²) in [6.45, 7) is 1.66. The second-order valence-corrected chi connectivity index (χ2v) is 2.20. The van der Waals surface area contributed by atoms with E-state index in [0.29, 0.717) is 6.54 Å². The van der Waals surface area contributed by atoms with Gasteiger partial charge in [0.2, 0.25) is 5.91 Å². The first-order valence-electron chi connectivity index (χ1n) is 3.17. The van der Waals surface area contributed by atoms with Crippen LogP contribution < -0.4 is 5.73 Å². The zero-order valence-corrected chi connectivity index (χ0v) is 6.37. The molecule has 0 aliphatic carbocycles. The number of rotatable bonds is 3. The van der Waals surface area contributed by atoms with Gasteiger partial charge in [-0.15, -0.1) is 0 Å². The fraction of sp³-hybridized carbons (Fsp3) is 0.833. The molecule has 60 valence electrons. The first kappa shape index (κ1) is 9.39. The van der Waals surface area contributed by atoms with Crippen molar-refractivity contribution in [3.63, 3.8) is 0 Å². The van der Waals surface area contributed by atoms with Gasteiger partial charge in [-0.3, -0.25) is 4.79 Å². The highest BCUT2D eigenvalue weighted by Crippen LogP contribution is 1.92. The lowest BCUT2D eigenvalue weighted by atomic mass is 10.3. The molecule has 1 amide bonds. The van der Waals surface area contributed by atoms with Crippen LogP contribution >= 0.6 is 0 Å². The van der Waals surface area contributed by atoms with Gasteiger partial charge in [0, 0.05) is 20.5 Å². The van der Waals surface area contributed by atoms with Crippen LogP contribution in [0.3, 0.4) is 0 Å². The van der Waals surface area contributed by atoms with Crippen molar-refractivity contribution < 1.29 is 9.90 Å². The summed E-state index contributed by atoms with van der Waals surface area (Å²) in [5.74, 6) is -0.0792. The number of hydrogen-bond donors (Lipinski definition) is 2. The molecule has 0 saturated carbocycles. The van der Waals surface area contributed by atoms with Crippen molar-refractivity contribution in [1.82, 2.24) is 4.90 Å². The van der Waals surface area contributed by atoms with Crippen LogP contribution in [0.2, 0.25) is 0 Å². The van der Waals surface area contributed by atoms with Gasteiger partial charge >= 0.3 is 0 Å². The predicted molar refractivity (Wildman–Crippen MR) is 38.4 cm³/mol. The monoisotopic (exact) mass is 146 g/mol. The molecular weight excluding hydrogens is 132 g/mol. The number of carbonyl (C=O) groups is 1. The molecule has 4 heteroatoms. The Morgan fingerprint density at radius 1 is 1.80 bits per heavy atom. The van der Waals surface area contributed by atoms with Gasteiger partial charge in [0.1, 0.15) is 0 Å². The van der Waals surface area contributed by atoms with Crippen molar-refractivity contribution in [2.24, 2.45) is 5.73 Å². The van der Waals surface area contributed by atoms with E-state index in [1.165, 1.54) is 11.8 Å². The van der Waals surface area contributed by atoms with Crippen molar-refractivity contribution >= 4 is 5.91 Å². The van der Waals surface area contributed by atoms with Crippen LogP contribution in [0.1, 0.15) is 6.92 Å². The van der Waals surface area contributed by atoms with E-state index in [9.17, 15) is 4.79 Å². The first-order valence-corrected chi connectivity index (χ1v) is 3.17. The fourth-order valence-electron chi connectivity index (χ4n) is 0.612. The molecule has 0 fully saturated rings. The Morgan fingerprint density at radius 2 is 2.30 bits per heavy atom. The summed E-state index contributed by atoms with van der Waals surface area (Å²) in [6.07, 6.45) is 0. The Labute approximate surface area is 60.6 Å². The molecule has 1 unspecified atom stereocenters. The van der Waals surface area contributed by atoms with Gasteiger partial charge in [0.25, 0.3) is 0 Å². The topological polar surface area (TPSA) is 66.6 Å². The second-order valence-electron chi connectivity index (χ2n) is 2.20. The smallest absolute Gasteiger partial charge is 0.219 e. The summed E-state index contributed by atoms with van der Waals surface area (Å²) in [6, 6.07) is -0.238. The molecule has 0 aliphatic heterocycles. The van der Waals surface area contributed by atoms with E-state index in [2.05, 4.69) is 0 Å². The van der Waals surface area contributed by atoms with Crippen molar-refractivity contribution in [2.45, 2.75) is 13.0 Å². The summed E-state index contributed by atoms with van der Waals surface area (Å²) < 4.78 is 0. The molecular formula is C6H14N2O2. The third-order valence-corrected chi connectivity index (χ3v) is 1.53. The molecule has 0 aliphatic rings. The average molecular weight is 146 g/mol. The highest BCUT2D eigenvalue weighted by atomic mass is 16.3. The van der Waals surface area contributed by atoms with Gasteiger partial charge in [-0.05, 0) is 0 Å². The number of nitrogens with zero attached hydrogens (tertiary/aromatic N) is 1. The molecule has 0 spiro atoms. The van der Waals surface area contributed by atoms with Crippen LogP contribution in [0.15, 0.2) is 0 Å². The van der Waals surface area contributed by atoms with Crippen LogP contribution in [-0.4, -0.2) is 42.2 Å². The zero-order valence-electron chi connectivity index (χ0n) is 6.37.